The van der Waals surface area contributed by atoms with Crippen molar-refractivity contribution in [2.75, 3.05) is 7.11 Å². The van der Waals surface area contributed by atoms with Crippen LogP contribution < -0.4 is 10.5 Å². The summed E-state index contributed by atoms with van der Waals surface area (Å²) >= 11 is 0. The number of nitrogens with zero attached hydrogens (tertiary/aromatic N) is 1. The predicted molar refractivity (Wildman–Crippen MR) is 67.9 cm³/mol. The summed E-state index contributed by atoms with van der Waals surface area (Å²) in [6, 6.07) is 6.05. The number of nitrogens with two attached hydrogens (primary N) is 1. The van der Waals surface area contributed by atoms with Crippen LogP contribution in [0.15, 0.2) is 18.2 Å². The van der Waals surface area contributed by atoms with Crippen LogP contribution >= 0.6 is 0 Å². The minimum absolute atomic E-state index is 0.465. The average Bonchev–Trinajstić information content (AvgIpc) is 2.70. The lowest BCUT2D eigenvalue weighted by Gasteiger charge is -2.08. The molecule has 1 aromatic heterocycles. The molecule has 2 aromatic rings. The zero-order chi connectivity index (χ0) is 12.4. The summed E-state index contributed by atoms with van der Waals surface area (Å²) in [4.78, 5) is 0. The van der Waals surface area contributed by atoms with E-state index in [1.165, 1.54) is 5.56 Å². The average molecular weight is 231 g/mol. The number of methoxy groups -OCH3 is 1. The first-order valence-electron chi connectivity index (χ1n) is 5.56. The summed E-state index contributed by atoms with van der Waals surface area (Å²) in [7, 11) is 1.67. The topological polar surface area (TPSA) is 63.9 Å². The highest BCUT2D eigenvalue weighted by Crippen LogP contribution is 2.32. The van der Waals surface area contributed by atoms with E-state index in [0.717, 1.165) is 28.3 Å². The van der Waals surface area contributed by atoms with E-state index in [9.17, 15) is 0 Å². The summed E-state index contributed by atoms with van der Waals surface area (Å²) < 4.78 is 5.37. The zero-order valence-electron chi connectivity index (χ0n) is 10.4. The van der Waals surface area contributed by atoms with Gasteiger partial charge < -0.3 is 10.5 Å². The number of nitrogens with one attached hydrogen (secondary N) is 1. The van der Waals surface area contributed by atoms with Crippen LogP contribution in [-0.4, -0.2) is 17.3 Å². The van der Waals surface area contributed by atoms with Crippen LogP contribution in [0.4, 0.5) is 0 Å². The number of hydrogen-bond donors (Lipinski definition) is 2. The monoisotopic (exact) mass is 231 g/mol. The van der Waals surface area contributed by atoms with Crippen LogP contribution in [0.5, 0.6) is 5.75 Å². The van der Waals surface area contributed by atoms with Gasteiger partial charge in [-0.15, -0.1) is 0 Å². The first-order valence-corrected chi connectivity index (χ1v) is 5.56. The van der Waals surface area contributed by atoms with Crippen LogP contribution in [0.2, 0.25) is 0 Å². The van der Waals surface area contributed by atoms with Gasteiger partial charge in [0.25, 0.3) is 0 Å². The summed E-state index contributed by atoms with van der Waals surface area (Å²) in [6.45, 7) is 4.53. The maximum Gasteiger partial charge on any atom is 0.128 e. The van der Waals surface area contributed by atoms with Crippen molar-refractivity contribution in [2.24, 2.45) is 5.73 Å². The van der Waals surface area contributed by atoms with Crippen molar-refractivity contribution in [1.29, 1.82) is 0 Å². The standard InChI is InChI=1S/C13H17N3O/c1-8-4-5-12(17-3)10(6-8)13-9(2)11(7-14)15-16-13/h4-6H,7,14H2,1-3H3,(H,15,16). The van der Waals surface area contributed by atoms with E-state index in [-0.39, 0.29) is 0 Å². The first-order chi connectivity index (χ1) is 8.17. The largest absolute Gasteiger partial charge is 0.496 e. The third-order valence-corrected chi connectivity index (χ3v) is 2.92. The summed E-state index contributed by atoms with van der Waals surface area (Å²) in [5.74, 6) is 0.828. The molecule has 0 aliphatic heterocycles. The smallest absolute Gasteiger partial charge is 0.128 e. The van der Waals surface area contributed by atoms with Gasteiger partial charge >= 0.3 is 0 Å². The molecule has 4 nitrogen and oxygen atoms in total. The van der Waals surface area contributed by atoms with Crippen LogP contribution in [0.1, 0.15) is 16.8 Å². The maximum atomic E-state index is 5.64. The fourth-order valence-electron chi connectivity index (χ4n) is 1.90. The molecule has 0 atom stereocenters. The molecule has 0 fully saturated rings. The van der Waals surface area contributed by atoms with Crippen LogP contribution in [-0.2, 0) is 6.54 Å². The Kier molecular flexibility index (Phi) is 3.15. The van der Waals surface area contributed by atoms with E-state index < -0.39 is 0 Å². The Bertz CT molecular complexity index is 531. The second-order valence-electron chi connectivity index (χ2n) is 4.08. The molecule has 4 heteroatoms. The highest BCUT2D eigenvalue weighted by Gasteiger charge is 2.14. The molecule has 1 aromatic carbocycles. The van der Waals surface area contributed by atoms with Gasteiger partial charge in [0, 0.05) is 12.1 Å². The van der Waals surface area contributed by atoms with E-state index in [4.69, 9.17) is 10.5 Å². The molecule has 0 aliphatic rings. The normalized spacial score (nSPS) is 10.6. The highest BCUT2D eigenvalue weighted by atomic mass is 16.5. The Morgan fingerprint density at radius 3 is 2.71 bits per heavy atom. The lowest BCUT2D eigenvalue weighted by atomic mass is 10.0. The Balaban J connectivity index is 2.58. The highest BCUT2D eigenvalue weighted by molar-refractivity contribution is 5.71. The number of aromatic amines is 1. The number of aromatic nitrogens is 2. The van der Waals surface area contributed by atoms with Crippen LogP contribution in [0, 0.1) is 13.8 Å². The minimum atomic E-state index is 0.465. The molecular weight excluding hydrogens is 214 g/mol. The third kappa shape index (κ3) is 2.03. The van der Waals surface area contributed by atoms with Crippen molar-refractivity contribution in [3.8, 4) is 17.0 Å². The molecule has 2 rings (SSSR count). The van der Waals surface area contributed by atoms with Gasteiger partial charge in [-0.1, -0.05) is 11.6 Å². The van der Waals surface area contributed by atoms with Crippen molar-refractivity contribution in [3.05, 3.63) is 35.0 Å². The maximum absolute atomic E-state index is 5.64. The Morgan fingerprint density at radius 1 is 1.35 bits per heavy atom. The molecule has 17 heavy (non-hydrogen) atoms. The molecule has 0 saturated carbocycles. The van der Waals surface area contributed by atoms with Gasteiger partial charge in [-0.2, -0.15) is 5.10 Å². The number of rotatable bonds is 3. The fraction of sp³-hybridized carbons (Fsp3) is 0.308. The third-order valence-electron chi connectivity index (χ3n) is 2.92. The second-order valence-corrected chi connectivity index (χ2v) is 4.08. The molecule has 0 radical (unpaired) electrons. The van der Waals surface area contributed by atoms with Gasteiger partial charge in [0.2, 0.25) is 0 Å². The summed E-state index contributed by atoms with van der Waals surface area (Å²) in [6.07, 6.45) is 0. The molecule has 0 aliphatic carbocycles. The Hall–Kier alpha value is -1.81. The molecule has 3 N–H and O–H groups in total. The Morgan fingerprint density at radius 2 is 2.12 bits per heavy atom. The van der Waals surface area contributed by atoms with Gasteiger partial charge in [0.15, 0.2) is 0 Å². The van der Waals surface area contributed by atoms with Gasteiger partial charge in [-0.05, 0) is 31.5 Å². The molecule has 90 valence electrons. The predicted octanol–water partition coefficient (Wildman–Crippen LogP) is 2.16. The summed E-state index contributed by atoms with van der Waals surface area (Å²) in [5.41, 5.74) is 10.8. The van der Waals surface area contributed by atoms with Gasteiger partial charge in [0.05, 0.1) is 18.5 Å². The van der Waals surface area contributed by atoms with E-state index in [1.54, 1.807) is 7.11 Å². The number of H-pyrrole nitrogens is 1. The van der Waals surface area contributed by atoms with Crippen molar-refractivity contribution in [2.45, 2.75) is 20.4 Å². The van der Waals surface area contributed by atoms with Crippen molar-refractivity contribution >= 4 is 0 Å². The fourth-order valence-corrected chi connectivity index (χ4v) is 1.90. The van der Waals surface area contributed by atoms with Crippen LogP contribution in [0.3, 0.4) is 0 Å². The lowest BCUT2D eigenvalue weighted by molar-refractivity contribution is 0.416. The van der Waals surface area contributed by atoms with Crippen molar-refractivity contribution < 1.29 is 4.74 Å². The van der Waals surface area contributed by atoms with Crippen molar-refractivity contribution in [1.82, 2.24) is 10.2 Å². The zero-order valence-corrected chi connectivity index (χ0v) is 10.4. The first kappa shape index (κ1) is 11.7. The molecule has 1 heterocycles. The van der Waals surface area contributed by atoms with Crippen molar-refractivity contribution in [3.63, 3.8) is 0 Å². The molecule has 0 saturated heterocycles. The molecule has 0 bridgehead atoms. The number of aryl methyl sites for hydroxylation is 1. The number of benzene rings is 1. The minimum Gasteiger partial charge on any atom is -0.496 e. The number of hydrogen-bond acceptors (Lipinski definition) is 3. The lowest BCUT2D eigenvalue weighted by Crippen LogP contribution is -1.98. The summed E-state index contributed by atoms with van der Waals surface area (Å²) in [5, 5.41) is 7.28. The molecule has 0 unspecified atom stereocenters. The van der Waals surface area contributed by atoms with E-state index in [2.05, 4.69) is 23.2 Å². The van der Waals surface area contributed by atoms with Crippen LogP contribution in [0.25, 0.3) is 11.3 Å². The Labute approximate surface area is 101 Å². The van der Waals surface area contributed by atoms with E-state index in [0.29, 0.717) is 6.54 Å². The van der Waals surface area contributed by atoms with Gasteiger partial charge in [-0.25, -0.2) is 0 Å². The van der Waals surface area contributed by atoms with Gasteiger partial charge in [-0.3, -0.25) is 5.10 Å². The molecular formula is C13H17N3O. The van der Waals surface area contributed by atoms with E-state index in [1.807, 2.05) is 19.1 Å². The molecule has 0 amide bonds. The quantitative estimate of drug-likeness (QED) is 0.850. The van der Waals surface area contributed by atoms with Gasteiger partial charge in [0.1, 0.15) is 5.75 Å². The second kappa shape index (κ2) is 4.59. The van der Waals surface area contributed by atoms with E-state index >= 15 is 0 Å². The SMILES string of the molecule is COc1ccc(C)cc1-c1n[nH]c(CN)c1C. The molecule has 0 spiro atoms. The number of ether oxygens (including phenoxy) is 1.